The molecule has 4 nitrogen and oxygen atoms in total. The monoisotopic (exact) mass is 214 g/mol. The van der Waals surface area contributed by atoms with Gasteiger partial charge in [0.15, 0.2) is 0 Å². The summed E-state index contributed by atoms with van der Waals surface area (Å²) in [7, 11) is 0. The summed E-state index contributed by atoms with van der Waals surface area (Å²) in [6.45, 7) is 4.74. The predicted molar refractivity (Wildman–Crippen MR) is 59.3 cm³/mol. The number of aliphatic hydroxyl groups is 1. The maximum atomic E-state index is 12.2. The standard InChI is InChI=1S/C11H22N2O2/c1-3-11(2,8-12)10(15)13(6-7-14)9-4-5-9/h9,14H,3-8,12H2,1-2H3. The first-order chi connectivity index (χ1) is 7.09. The van der Waals surface area contributed by atoms with E-state index < -0.39 is 5.41 Å². The van der Waals surface area contributed by atoms with Crippen LogP contribution in [0.25, 0.3) is 0 Å². The smallest absolute Gasteiger partial charge is 0.230 e. The van der Waals surface area contributed by atoms with Crippen molar-refractivity contribution in [2.75, 3.05) is 19.7 Å². The zero-order chi connectivity index (χ0) is 11.5. The molecule has 0 saturated heterocycles. The molecule has 3 N–H and O–H groups in total. The lowest BCUT2D eigenvalue weighted by Gasteiger charge is -2.32. The molecule has 0 bridgehead atoms. The van der Waals surface area contributed by atoms with Crippen LogP contribution in [-0.4, -0.2) is 41.7 Å². The first-order valence-corrected chi connectivity index (χ1v) is 5.71. The second-order valence-corrected chi connectivity index (χ2v) is 4.57. The summed E-state index contributed by atoms with van der Waals surface area (Å²) in [6, 6.07) is 0.349. The molecule has 88 valence electrons. The number of nitrogens with two attached hydrogens (primary N) is 1. The third-order valence-electron chi connectivity index (χ3n) is 3.34. The van der Waals surface area contributed by atoms with Crippen LogP contribution in [0, 0.1) is 5.41 Å². The van der Waals surface area contributed by atoms with Gasteiger partial charge in [-0.3, -0.25) is 4.79 Å². The number of carbonyl (C=O) groups excluding carboxylic acids is 1. The van der Waals surface area contributed by atoms with E-state index in [1.165, 1.54) is 0 Å². The summed E-state index contributed by atoms with van der Waals surface area (Å²) in [6.07, 6.45) is 2.88. The molecule has 4 heteroatoms. The quantitative estimate of drug-likeness (QED) is 0.670. The number of rotatable bonds is 6. The molecule has 1 atom stereocenters. The molecule has 1 unspecified atom stereocenters. The lowest BCUT2D eigenvalue weighted by atomic mass is 9.86. The van der Waals surface area contributed by atoms with Crippen LogP contribution in [0.1, 0.15) is 33.1 Å². The molecule has 1 rings (SSSR count). The van der Waals surface area contributed by atoms with Crippen molar-refractivity contribution < 1.29 is 9.90 Å². The minimum Gasteiger partial charge on any atom is -0.395 e. The maximum absolute atomic E-state index is 12.2. The third kappa shape index (κ3) is 2.69. The van der Waals surface area contributed by atoms with Crippen molar-refractivity contribution in [2.24, 2.45) is 11.1 Å². The molecule has 0 aromatic carbocycles. The van der Waals surface area contributed by atoms with Crippen LogP contribution in [0.15, 0.2) is 0 Å². The van der Waals surface area contributed by atoms with Gasteiger partial charge in [-0.25, -0.2) is 0 Å². The van der Waals surface area contributed by atoms with Gasteiger partial charge < -0.3 is 15.7 Å². The molecule has 0 aromatic rings. The first kappa shape index (κ1) is 12.5. The van der Waals surface area contributed by atoms with E-state index in [1.807, 2.05) is 13.8 Å². The van der Waals surface area contributed by atoms with Crippen molar-refractivity contribution in [1.29, 1.82) is 0 Å². The van der Waals surface area contributed by atoms with Crippen molar-refractivity contribution >= 4 is 5.91 Å². The summed E-state index contributed by atoms with van der Waals surface area (Å²) in [5.74, 6) is 0.101. The Kier molecular flexibility index (Phi) is 4.11. The Morgan fingerprint density at radius 2 is 2.20 bits per heavy atom. The van der Waals surface area contributed by atoms with Gasteiger partial charge in [-0.2, -0.15) is 0 Å². The normalized spacial score (nSPS) is 19.7. The van der Waals surface area contributed by atoms with Crippen molar-refractivity contribution in [1.82, 2.24) is 4.90 Å². The van der Waals surface area contributed by atoms with Gasteiger partial charge in [0.05, 0.1) is 12.0 Å². The molecule has 15 heavy (non-hydrogen) atoms. The van der Waals surface area contributed by atoms with Crippen LogP contribution in [0.4, 0.5) is 0 Å². The number of nitrogens with zero attached hydrogens (tertiary/aromatic N) is 1. The average Bonchev–Trinajstić information content (AvgIpc) is 3.07. The molecule has 0 aliphatic heterocycles. The molecule has 1 amide bonds. The van der Waals surface area contributed by atoms with Crippen LogP contribution in [0.3, 0.4) is 0 Å². The molecule has 1 aliphatic carbocycles. The topological polar surface area (TPSA) is 66.6 Å². The first-order valence-electron chi connectivity index (χ1n) is 5.71. The van der Waals surface area contributed by atoms with Gasteiger partial charge in [0, 0.05) is 19.1 Å². The zero-order valence-corrected chi connectivity index (χ0v) is 9.70. The molecule has 0 spiro atoms. The fourth-order valence-corrected chi connectivity index (χ4v) is 1.67. The van der Waals surface area contributed by atoms with Gasteiger partial charge in [0.1, 0.15) is 0 Å². The van der Waals surface area contributed by atoms with E-state index in [0.717, 1.165) is 19.3 Å². The van der Waals surface area contributed by atoms with E-state index in [0.29, 0.717) is 19.1 Å². The highest BCUT2D eigenvalue weighted by Gasteiger charge is 2.40. The fourth-order valence-electron chi connectivity index (χ4n) is 1.67. The minimum atomic E-state index is -0.461. The molecule has 1 saturated carbocycles. The van der Waals surface area contributed by atoms with Crippen LogP contribution < -0.4 is 5.73 Å². The molecule has 0 radical (unpaired) electrons. The van der Waals surface area contributed by atoms with E-state index in [4.69, 9.17) is 10.8 Å². The third-order valence-corrected chi connectivity index (χ3v) is 3.34. The summed E-state index contributed by atoms with van der Waals surface area (Å²) in [5, 5.41) is 8.95. The van der Waals surface area contributed by atoms with Crippen molar-refractivity contribution in [3.63, 3.8) is 0 Å². The lowest BCUT2D eigenvalue weighted by Crippen LogP contribution is -2.48. The van der Waals surface area contributed by atoms with E-state index in [-0.39, 0.29) is 12.5 Å². The molecule has 0 aromatic heterocycles. The van der Waals surface area contributed by atoms with Crippen molar-refractivity contribution in [2.45, 2.75) is 39.2 Å². The van der Waals surface area contributed by atoms with Crippen LogP contribution >= 0.6 is 0 Å². The van der Waals surface area contributed by atoms with E-state index in [9.17, 15) is 4.79 Å². The molecule has 1 aliphatic rings. The molecule has 0 heterocycles. The van der Waals surface area contributed by atoms with Gasteiger partial charge in [-0.1, -0.05) is 6.92 Å². The second-order valence-electron chi connectivity index (χ2n) is 4.57. The van der Waals surface area contributed by atoms with Crippen molar-refractivity contribution in [3.05, 3.63) is 0 Å². The fraction of sp³-hybridized carbons (Fsp3) is 0.909. The van der Waals surface area contributed by atoms with E-state index in [2.05, 4.69) is 0 Å². The highest BCUT2D eigenvalue weighted by Crippen LogP contribution is 2.32. The minimum absolute atomic E-state index is 0.0343. The van der Waals surface area contributed by atoms with Gasteiger partial charge >= 0.3 is 0 Å². The Bertz CT molecular complexity index is 223. The highest BCUT2D eigenvalue weighted by atomic mass is 16.3. The molecular weight excluding hydrogens is 192 g/mol. The van der Waals surface area contributed by atoms with Crippen LogP contribution in [-0.2, 0) is 4.79 Å². The molecular formula is C11H22N2O2. The summed E-state index contributed by atoms with van der Waals surface area (Å²) < 4.78 is 0. The Morgan fingerprint density at radius 3 is 2.53 bits per heavy atom. The summed E-state index contributed by atoms with van der Waals surface area (Å²) >= 11 is 0. The van der Waals surface area contributed by atoms with Gasteiger partial charge in [0.2, 0.25) is 5.91 Å². The van der Waals surface area contributed by atoms with E-state index in [1.54, 1.807) is 4.90 Å². The Morgan fingerprint density at radius 1 is 1.60 bits per heavy atom. The number of amides is 1. The number of hydrogen-bond acceptors (Lipinski definition) is 3. The van der Waals surface area contributed by atoms with Gasteiger partial charge in [-0.15, -0.1) is 0 Å². The second kappa shape index (κ2) is 4.94. The Balaban J connectivity index is 2.69. The van der Waals surface area contributed by atoms with Gasteiger partial charge in [-0.05, 0) is 26.2 Å². The molecule has 1 fully saturated rings. The maximum Gasteiger partial charge on any atom is 0.230 e. The van der Waals surface area contributed by atoms with Crippen LogP contribution in [0.5, 0.6) is 0 Å². The van der Waals surface area contributed by atoms with Crippen molar-refractivity contribution in [3.8, 4) is 0 Å². The van der Waals surface area contributed by atoms with E-state index >= 15 is 0 Å². The zero-order valence-electron chi connectivity index (χ0n) is 9.70. The number of carbonyl (C=O) groups is 1. The SMILES string of the molecule is CCC(C)(CN)C(=O)N(CCO)C1CC1. The Labute approximate surface area is 91.4 Å². The number of hydrogen-bond donors (Lipinski definition) is 2. The number of aliphatic hydroxyl groups excluding tert-OH is 1. The Hall–Kier alpha value is -0.610. The summed E-state index contributed by atoms with van der Waals surface area (Å²) in [4.78, 5) is 14.0. The predicted octanol–water partition coefficient (Wildman–Crippen LogP) is 0.345. The average molecular weight is 214 g/mol. The van der Waals surface area contributed by atoms with Gasteiger partial charge in [0.25, 0.3) is 0 Å². The highest BCUT2D eigenvalue weighted by molar-refractivity contribution is 5.83. The van der Waals surface area contributed by atoms with Crippen LogP contribution in [0.2, 0.25) is 0 Å². The lowest BCUT2D eigenvalue weighted by molar-refractivity contribution is -0.142. The largest absolute Gasteiger partial charge is 0.395 e. The summed E-state index contributed by atoms with van der Waals surface area (Å²) in [5.41, 5.74) is 5.20.